The molecule has 0 bridgehead atoms. The molecule has 0 saturated heterocycles. The van der Waals surface area contributed by atoms with E-state index in [1.807, 2.05) is 20.8 Å². The van der Waals surface area contributed by atoms with Gasteiger partial charge in [-0.3, -0.25) is 0 Å². The molecule has 96 valence electrons. The zero-order valence-electron chi connectivity index (χ0n) is 9.90. The molecular weight excluding hydrogens is 251 g/mol. The number of alkyl halides is 3. The van der Waals surface area contributed by atoms with Gasteiger partial charge in [0.1, 0.15) is 0 Å². The van der Waals surface area contributed by atoms with Crippen LogP contribution in [0, 0.1) is 5.41 Å². The van der Waals surface area contributed by atoms with Crippen molar-refractivity contribution in [1.29, 1.82) is 0 Å². The summed E-state index contributed by atoms with van der Waals surface area (Å²) in [6.45, 7) is 5.57. The van der Waals surface area contributed by atoms with E-state index in [4.69, 9.17) is 17.3 Å². The van der Waals surface area contributed by atoms with Crippen LogP contribution in [0.15, 0.2) is 18.2 Å². The first-order valence-corrected chi connectivity index (χ1v) is 5.54. The van der Waals surface area contributed by atoms with Crippen molar-refractivity contribution in [1.82, 2.24) is 0 Å². The third kappa shape index (κ3) is 3.13. The lowest BCUT2D eigenvalue weighted by atomic mass is 9.82. The zero-order chi connectivity index (χ0) is 13.4. The van der Waals surface area contributed by atoms with E-state index >= 15 is 0 Å². The van der Waals surface area contributed by atoms with Gasteiger partial charge in [0.05, 0.1) is 10.6 Å². The molecule has 0 aliphatic carbocycles. The van der Waals surface area contributed by atoms with Crippen molar-refractivity contribution >= 4 is 11.6 Å². The molecule has 5 heteroatoms. The van der Waals surface area contributed by atoms with Crippen LogP contribution in [-0.2, 0) is 6.18 Å². The number of hydrogen-bond donors (Lipinski definition) is 1. The lowest BCUT2D eigenvalue weighted by Crippen LogP contribution is -2.27. The molecule has 0 fully saturated rings. The lowest BCUT2D eigenvalue weighted by molar-refractivity contribution is -0.137. The highest BCUT2D eigenvalue weighted by molar-refractivity contribution is 6.32. The fourth-order valence-corrected chi connectivity index (χ4v) is 1.83. The standard InChI is InChI=1S/C12H15ClF3N/c1-11(2,3)10(17)7-5-4-6-8(9(7)13)12(14,15)16/h4-6,10H,17H2,1-3H3/t10-/m0/s1. The van der Waals surface area contributed by atoms with Gasteiger partial charge in [-0.2, -0.15) is 13.2 Å². The van der Waals surface area contributed by atoms with Crippen molar-refractivity contribution in [3.05, 3.63) is 34.3 Å². The van der Waals surface area contributed by atoms with Crippen molar-refractivity contribution in [2.75, 3.05) is 0 Å². The fraction of sp³-hybridized carbons (Fsp3) is 0.500. The number of rotatable bonds is 1. The second kappa shape index (κ2) is 4.50. The summed E-state index contributed by atoms with van der Waals surface area (Å²) >= 11 is 5.79. The molecule has 0 amide bonds. The molecule has 17 heavy (non-hydrogen) atoms. The Bertz CT molecular complexity index is 407. The Morgan fingerprint density at radius 3 is 2.12 bits per heavy atom. The number of hydrogen-bond acceptors (Lipinski definition) is 1. The maximum absolute atomic E-state index is 12.7. The molecule has 1 aromatic rings. The largest absolute Gasteiger partial charge is 0.417 e. The summed E-state index contributed by atoms with van der Waals surface area (Å²) in [6, 6.07) is 3.28. The molecule has 1 aromatic carbocycles. The van der Waals surface area contributed by atoms with E-state index in [2.05, 4.69) is 0 Å². The highest BCUT2D eigenvalue weighted by atomic mass is 35.5. The van der Waals surface area contributed by atoms with Crippen LogP contribution >= 0.6 is 11.6 Å². The Labute approximate surface area is 104 Å². The first-order chi connectivity index (χ1) is 7.55. The van der Waals surface area contributed by atoms with Crippen molar-refractivity contribution in [3.63, 3.8) is 0 Å². The van der Waals surface area contributed by atoms with Crippen LogP contribution in [0.4, 0.5) is 13.2 Å². The Kier molecular flexibility index (Phi) is 3.79. The van der Waals surface area contributed by atoms with E-state index in [0.29, 0.717) is 5.56 Å². The van der Waals surface area contributed by atoms with Crippen molar-refractivity contribution in [3.8, 4) is 0 Å². The molecule has 1 rings (SSSR count). The Morgan fingerprint density at radius 1 is 1.18 bits per heavy atom. The summed E-state index contributed by atoms with van der Waals surface area (Å²) in [5.74, 6) is 0. The fourth-order valence-electron chi connectivity index (χ4n) is 1.48. The van der Waals surface area contributed by atoms with Gasteiger partial charge >= 0.3 is 6.18 Å². The molecule has 0 heterocycles. The van der Waals surface area contributed by atoms with Crippen molar-refractivity contribution in [2.45, 2.75) is 33.0 Å². The van der Waals surface area contributed by atoms with E-state index < -0.39 is 17.8 Å². The van der Waals surface area contributed by atoms with Crippen LogP contribution in [0.2, 0.25) is 5.02 Å². The van der Waals surface area contributed by atoms with Crippen LogP contribution in [0.3, 0.4) is 0 Å². The predicted octanol–water partition coefficient (Wildman–Crippen LogP) is 4.40. The highest BCUT2D eigenvalue weighted by Crippen LogP contribution is 2.41. The molecule has 1 atom stereocenters. The minimum Gasteiger partial charge on any atom is -0.323 e. The third-order valence-corrected chi connectivity index (χ3v) is 3.02. The predicted molar refractivity (Wildman–Crippen MR) is 62.8 cm³/mol. The molecule has 2 N–H and O–H groups in total. The molecule has 0 aliphatic heterocycles. The summed E-state index contributed by atoms with van der Waals surface area (Å²) < 4.78 is 38.0. The highest BCUT2D eigenvalue weighted by Gasteiger charge is 2.35. The van der Waals surface area contributed by atoms with Gasteiger partial charge in [0.15, 0.2) is 0 Å². The SMILES string of the molecule is CC(C)(C)[C@@H](N)c1cccc(C(F)(F)F)c1Cl. The van der Waals surface area contributed by atoms with Crippen LogP contribution < -0.4 is 5.73 Å². The first kappa shape index (κ1) is 14.3. The first-order valence-electron chi connectivity index (χ1n) is 5.16. The van der Waals surface area contributed by atoms with Crippen LogP contribution in [0.25, 0.3) is 0 Å². The molecule has 0 spiro atoms. The van der Waals surface area contributed by atoms with E-state index in [0.717, 1.165) is 6.07 Å². The van der Waals surface area contributed by atoms with Crippen molar-refractivity contribution in [2.24, 2.45) is 11.1 Å². The molecule has 0 radical (unpaired) electrons. The Morgan fingerprint density at radius 2 is 1.71 bits per heavy atom. The average Bonchev–Trinajstić information content (AvgIpc) is 2.13. The topological polar surface area (TPSA) is 26.0 Å². The van der Waals surface area contributed by atoms with Gasteiger partial charge in [-0.25, -0.2) is 0 Å². The molecule has 0 unspecified atom stereocenters. The number of benzene rings is 1. The van der Waals surface area contributed by atoms with Gasteiger partial charge in [0.25, 0.3) is 0 Å². The maximum Gasteiger partial charge on any atom is 0.417 e. The third-order valence-electron chi connectivity index (χ3n) is 2.60. The molecular formula is C12H15ClF3N. The van der Waals surface area contributed by atoms with Crippen molar-refractivity contribution < 1.29 is 13.2 Å². The summed E-state index contributed by atoms with van der Waals surface area (Å²) in [4.78, 5) is 0. The molecule has 1 nitrogen and oxygen atoms in total. The van der Waals surface area contributed by atoms with E-state index in [9.17, 15) is 13.2 Å². The maximum atomic E-state index is 12.7. The summed E-state index contributed by atoms with van der Waals surface area (Å²) in [5, 5.41) is -0.303. The quantitative estimate of drug-likeness (QED) is 0.800. The van der Waals surface area contributed by atoms with Crippen LogP contribution in [0.5, 0.6) is 0 Å². The number of nitrogens with two attached hydrogens (primary N) is 1. The van der Waals surface area contributed by atoms with Crippen LogP contribution in [-0.4, -0.2) is 0 Å². The molecule has 0 saturated carbocycles. The van der Waals surface area contributed by atoms with Crippen LogP contribution in [0.1, 0.15) is 37.9 Å². The van der Waals surface area contributed by atoms with Gasteiger partial charge in [-0.1, -0.05) is 44.5 Å². The summed E-state index contributed by atoms with van der Waals surface area (Å²) in [7, 11) is 0. The lowest BCUT2D eigenvalue weighted by Gasteiger charge is -2.28. The zero-order valence-corrected chi connectivity index (χ0v) is 10.7. The average molecular weight is 266 g/mol. The normalized spacial score (nSPS) is 14.8. The minimum atomic E-state index is -4.45. The van der Waals surface area contributed by atoms with Gasteiger partial charge < -0.3 is 5.73 Å². The molecule has 0 aliphatic rings. The second-order valence-corrected chi connectivity index (χ2v) is 5.43. The van der Waals surface area contributed by atoms with Gasteiger partial charge in [-0.05, 0) is 17.0 Å². The van der Waals surface area contributed by atoms with Gasteiger partial charge in [-0.15, -0.1) is 0 Å². The summed E-state index contributed by atoms with van der Waals surface area (Å²) in [5.41, 5.74) is 5.07. The van der Waals surface area contributed by atoms with Gasteiger partial charge in [0, 0.05) is 6.04 Å². The van der Waals surface area contributed by atoms with Gasteiger partial charge in [0.2, 0.25) is 0 Å². The van der Waals surface area contributed by atoms with E-state index in [-0.39, 0.29) is 10.4 Å². The molecule has 0 aromatic heterocycles. The van der Waals surface area contributed by atoms with E-state index in [1.165, 1.54) is 12.1 Å². The smallest absolute Gasteiger partial charge is 0.323 e. The second-order valence-electron chi connectivity index (χ2n) is 5.05. The Hall–Kier alpha value is -0.740. The Balaban J connectivity index is 3.30. The monoisotopic (exact) mass is 265 g/mol. The minimum absolute atomic E-state index is 0.303. The number of halogens is 4. The summed E-state index contributed by atoms with van der Waals surface area (Å²) in [6.07, 6.45) is -4.45. The van der Waals surface area contributed by atoms with E-state index in [1.54, 1.807) is 0 Å².